The molecule has 8 rings (SSSR count). The van der Waals surface area contributed by atoms with Gasteiger partial charge in [0.1, 0.15) is 21.2 Å². The molecule has 2 bridgehead atoms. The molecule has 3 aromatic rings. The fourth-order valence-corrected chi connectivity index (χ4v) is 10.9. The number of amides is 2. The van der Waals surface area contributed by atoms with Gasteiger partial charge in [-0.05, 0) is 85.1 Å². The van der Waals surface area contributed by atoms with E-state index in [1.54, 1.807) is 26.1 Å². The highest BCUT2D eigenvalue weighted by atomic mass is 35.5. The highest BCUT2D eigenvalue weighted by molar-refractivity contribution is 7.93. The Morgan fingerprint density at radius 3 is 2.82 bits per heavy atom. The number of carbonyl (C=O) groups excluding carboxylic acids is 2. The molecule has 2 aromatic carbocycles. The summed E-state index contributed by atoms with van der Waals surface area (Å²) in [5.74, 6) is 0.200. The second kappa shape index (κ2) is 12.7. The Bertz CT molecular complexity index is 2070. The standard InChI is InChI=1S/C38H44ClN5O6S/c1-21-6-5-7-32(45)34-30-16-38(30,34)20-44-18-28-25(9-8-23-14-26(39)11-12-27(23)28)19-50-33-13-10-24(15-31(33)44)35(46)41-51(48,22(21)2)42-36(47)29-17-43(3)40-37(29)49-4/h5,7,10-15,17,21-22,25,28,30,32,34,39,45H,6,8-9,16,18-20H2,1-4H3/p+1/b7-5+/t21-,22+,25?,28?,30?,32-,34-,38+,51?/m0/s1. The predicted molar refractivity (Wildman–Crippen MR) is 190 cm³/mol. The van der Waals surface area contributed by atoms with Crippen LogP contribution in [0.1, 0.15) is 70.9 Å². The van der Waals surface area contributed by atoms with Crippen molar-refractivity contribution < 1.29 is 40.0 Å². The number of anilines is 1. The maximum Gasteiger partial charge on any atom is 0.286 e. The molecule has 2 saturated carbocycles. The van der Waals surface area contributed by atoms with E-state index < -0.39 is 33.1 Å². The third-order valence-corrected chi connectivity index (χ3v) is 14.8. The average molecular weight is 735 g/mol. The topological polar surface area (TPSA) is 135 Å². The van der Waals surface area contributed by atoms with Gasteiger partial charge in [-0.1, -0.05) is 25.1 Å². The van der Waals surface area contributed by atoms with E-state index in [2.05, 4.69) is 31.2 Å². The summed E-state index contributed by atoms with van der Waals surface area (Å²) in [5.41, 5.74) is 3.70. The monoisotopic (exact) mass is 734 g/mol. The number of nitrogens with one attached hydrogen (secondary N) is 1. The van der Waals surface area contributed by atoms with E-state index in [1.807, 2.05) is 31.2 Å². The molecule has 13 heteroatoms. The number of aromatic nitrogens is 2. The maximum atomic E-state index is 14.8. The molecule has 2 fully saturated rings. The molecule has 2 amide bonds. The van der Waals surface area contributed by atoms with Crippen LogP contribution in [0.15, 0.2) is 59.1 Å². The van der Waals surface area contributed by atoms with Crippen molar-refractivity contribution >= 4 is 27.4 Å². The summed E-state index contributed by atoms with van der Waals surface area (Å²) in [6.07, 6.45) is 8.15. The van der Waals surface area contributed by atoms with Crippen LogP contribution < -0.4 is 19.1 Å². The van der Waals surface area contributed by atoms with Crippen molar-refractivity contribution in [3.63, 3.8) is 0 Å². The molecule has 4 unspecified atom stereocenters. The molecule has 11 nitrogen and oxygen atoms in total. The van der Waals surface area contributed by atoms with Crippen LogP contribution in [0.25, 0.3) is 0 Å². The lowest BCUT2D eigenvalue weighted by molar-refractivity contribution is -0.289. The van der Waals surface area contributed by atoms with Gasteiger partial charge in [-0.3, -0.25) is 19.0 Å². The normalized spacial score (nSPS) is 34.5. The number of methoxy groups -OCH3 is 1. The van der Waals surface area contributed by atoms with Crippen molar-refractivity contribution in [1.29, 1.82) is 0 Å². The SMILES string of the molecule is COc1nn(C)cc1C(=O)NS1(=O)=NC(=O)c2ccc3c(c2)N(CC2c4ccc([ClH+])cc4CCC2CO3)C[C@]23CC2[C@H]3[C@@H](O)/C=C/C[C@H](C)[C@H]1C. The molecule has 1 spiro atoms. The first kappa shape index (κ1) is 34.2. The zero-order valence-electron chi connectivity index (χ0n) is 29.3. The number of rotatable bonds is 3. The van der Waals surface area contributed by atoms with Crippen molar-refractivity contribution in [3.8, 4) is 11.6 Å². The Labute approximate surface area is 303 Å². The molecule has 51 heavy (non-hydrogen) atoms. The Kier molecular flexibility index (Phi) is 8.50. The number of aliphatic hydroxyl groups excluding tert-OH is 1. The first-order chi connectivity index (χ1) is 24.4. The molecule has 3 aliphatic carbocycles. The Hall–Kier alpha value is -3.87. The minimum absolute atomic E-state index is 0.00398. The Morgan fingerprint density at radius 2 is 2.04 bits per heavy atom. The van der Waals surface area contributed by atoms with Gasteiger partial charge in [0, 0.05) is 55.9 Å². The van der Waals surface area contributed by atoms with Crippen molar-refractivity contribution in [2.24, 2.45) is 40.5 Å². The van der Waals surface area contributed by atoms with E-state index in [-0.39, 0.29) is 40.2 Å². The van der Waals surface area contributed by atoms with E-state index in [0.29, 0.717) is 30.6 Å². The maximum absolute atomic E-state index is 14.8. The highest BCUT2D eigenvalue weighted by Gasteiger charge is 2.80. The van der Waals surface area contributed by atoms with E-state index in [1.165, 1.54) is 29.1 Å². The molecule has 2 N–H and O–H groups in total. The van der Waals surface area contributed by atoms with Gasteiger partial charge in [-0.2, -0.15) is 0 Å². The summed E-state index contributed by atoms with van der Waals surface area (Å²) in [5, 5.41) is 15.6. The van der Waals surface area contributed by atoms with Crippen molar-refractivity contribution in [2.45, 2.75) is 56.8 Å². The van der Waals surface area contributed by atoms with Crippen LogP contribution in [0.2, 0.25) is 5.02 Å². The minimum atomic E-state index is -3.69. The lowest BCUT2D eigenvalue weighted by Crippen LogP contribution is -2.41. The molecule has 0 radical (unpaired) electrons. The molecule has 3 heterocycles. The second-order valence-corrected chi connectivity index (χ2v) is 17.9. The zero-order valence-corrected chi connectivity index (χ0v) is 30.9. The number of hydrogen-bond donors (Lipinski definition) is 2. The molecule has 1 aromatic heterocycles. The van der Waals surface area contributed by atoms with Crippen LogP contribution in [0.3, 0.4) is 0 Å². The molecule has 2 aliphatic heterocycles. The number of aryl methyl sites for hydroxylation is 2. The Balaban J connectivity index is 1.21. The number of halogens is 1. The number of allylic oxidation sites excluding steroid dienone is 1. The molecule has 270 valence electrons. The second-order valence-electron chi connectivity index (χ2n) is 15.2. The van der Waals surface area contributed by atoms with Crippen LogP contribution in [-0.2, 0) is 23.4 Å². The number of ether oxygens (including phenoxy) is 2. The summed E-state index contributed by atoms with van der Waals surface area (Å²) in [6.45, 7) is 5.63. The summed E-state index contributed by atoms with van der Waals surface area (Å²) in [6, 6.07) is 11.6. The van der Waals surface area contributed by atoms with Gasteiger partial charge < -0.3 is 19.5 Å². The third kappa shape index (κ3) is 6.02. The largest absolute Gasteiger partial charge is 0.491 e. The lowest BCUT2D eigenvalue weighted by Gasteiger charge is -2.41. The van der Waals surface area contributed by atoms with Gasteiger partial charge in [0.05, 0.1) is 30.8 Å². The van der Waals surface area contributed by atoms with Gasteiger partial charge in [0.15, 0.2) is 11.6 Å². The van der Waals surface area contributed by atoms with Gasteiger partial charge in [-0.15, -0.1) is 9.46 Å². The predicted octanol–water partition coefficient (Wildman–Crippen LogP) is 4.60. The van der Waals surface area contributed by atoms with Crippen LogP contribution >= 0.6 is 0 Å². The number of aliphatic hydroxyl groups is 1. The third-order valence-electron chi connectivity index (χ3n) is 12.1. The lowest BCUT2D eigenvalue weighted by atomic mass is 9.74. The van der Waals surface area contributed by atoms with E-state index in [0.717, 1.165) is 43.1 Å². The first-order valence-corrected chi connectivity index (χ1v) is 19.8. The van der Waals surface area contributed by atoms with Crippen molar-refractivity contribution in [3.05, 3.63) is 82.0 Å². The first-order valence-electron chi connectivity index (χ1n) is 17.8. The van der Waals surface area contributed by atoms with E-state index in [4.69, 9.17) is 21.1 Å². The fourth-order valence-electron chi connectivity index (χ4n) is 8.79. The van der Waals surface area contributed by atoms with Gasteiger partial charge in [0.25, 0.3) is 11.8 Å². The van der Waals surface area contributed by atoms with Crippen molar-refractivity contribution in [1.82, 2.24) is 14.5 Å². The quantitative estimate of drug-likeness (QED) is 0.373. The fraction of sp³-hybridized carbons (Fsp3) is 0.500. The van der Waals surface area contributed by atoms with E-state index >= 15 is 0 Å². The molecular weight excluding hydrogens is 690 g/mol. The number of hydrogen-bond acceptors (Lipinski definition) is 8. The molecular formula is C38H45ClN5O6S+. The summed E-state index contributed by atoms with van der Waals surface area (Å²) in [7, 11) is -0.647. The van der Waals surface area contributed by atoms with Crippen LogP contribution in [0.5, 0.6) is 11.6 Å². The minimum Gasteiger partial charge on any atom is -0.491 e. The van der Waals surface area contributed by atoms with Crippen LogP contribution in [-0.4, -0.2) is 69.1 Å². The number of nitrogens with zero attached hydrogens (tertiary/aromatic N) is 4. The van der Waals surface area contributed by atoms with Gasteiger partial charge in [-0.25, -0.2) is 4.21 Å². The summed E-state index contributed by atoms with van der Waals surface area (Å²) in [4.78, 5) is 30.0. The Morgan fingerprint density at radius 1 is 1.22 bits per heavy atom. The number of benzene rings is 2. The van der Waals surface area contributed by atoms with Crippen molar-refractivity contribution in [2.75, 3.05) is 31.7 Å². The highest BCUT2D eigenvalue weighted by Crippen LogP contribution is 2.81. The average Bonchev–Trinajstić information content (AvgIpc) is 3.91. The number of fused-ring (bicyclic) bond motifs is 5. The molecule has 0 saturated heterocycles. The van der Waals surface area contributed by atoms with Gasteiger partial charge >= 0.3 is 0 Å². The van der Waals surface area contributed by atoms with Crippen LogP contribution in [0, 0.1) is 40.7 Å². The summed E-state index contributed by atoms with van der Waals surface area (Å²) < 4.78 is 35.0. The zero-order chi connectivity index (χ0) is 35.8. The molecule has 9 atom stereocenters. The molecule has 5 aliphatic rings. The summed E-state index contributed by atoms with van der Waals surface area (Å²) >= 11 is 5.52. The van der Waals surface area contributed by atoms with Gasteiger partial charge in [0.2, 0.25) is 10.9 Å². The number of carbonyl (C=O) groups is 2. The van der Waals surface area contributed by atoms with Crippen LogP contribution in [0.4, 0.5) is 5.69 Å². The van der Waals surface area contributed by atoms with E-state index in [9.17, 15) is 18.9 Å². The smallest absolute Gasteiger partial charge is 0.286 e.